The van der Waals surface area contributed by atoms with E-state index in [0.29, 0.717) is 11.6 Å². The topological polar surface area (TPSA) is 66.5 Å². The summed E-state index contributed by atoms with van der Waals surface area (Å²) >= 11 is 1.46. The first kappa shape index (κ1) is 17.3. The molecule has 1 atom stereocenters. The van der Waals surface area contributed by atoms with Gasteiger partial charge in [-0.3, -0.25) is 4.79 Å². The van der Waals surface area contributed by atoms with Crippen LogP contribution >= 0.6 is 11.8 Å². The van der Waals surface area contributed by atoms with E-state index in [4.69, 9.17) is 0 Å². The van der Waals surface area contributed by atoms with E-state index >= 15 is 0 Å². The molecule has 5 nitrogen and oxygen atoms in total. The molecule has 0 aromatic heterocycles. The molecule has 1 amide bonds. The maximum Gasteiger partial charge on any atom is 0.244 e. The molecular weight excluding hydrogens is 320 g/mol. The fourth-order valence-electron chi connectivity index (χ4n) is 2.17. The first-order valence-electron chi connectivity index (χ1n) is 7.09. The van der Waals surface area contributed by atoms with Crippen LogP contribution in [0, 0.1) is 6.92 Å². The van der Waals surface area contributed by atoms with Crippen LogP contribution in [0.3, 0.4) is 0 Å². The van der Waals surface area contributed by atoms with Gasteiger partial charge in [-0.05, 0) is 39.8 Å². The quantitative estimate of drug-likeness (QED) is 0.912. The number of carbonyl (C=O) groups is 1. The molecule has 0 unspecified atom stereocenters. The Balaban J connectivity index is 2.26. The second-order valence-electron chi connectivity index (χ2n) is 6.46. The summed E-state index contributed by atoms with van der Waals surface area (Å²) in [5, 5.41) is 2.87. The lowest BCUT2D eigenvalue weighted by molar-refractivity contribution is -0.125. The maximum atomic E-state index is 12.8. The average molecular weight is 342 g/mol. The van der Waals surface area contributed by atoms with E-state index < -0.39 is 16.1 Å². The molecule has 22 heavy (non-hydrogen) atoms. The van der Waals surface area contributed by atoms with Crippen LogP contribution < -0.4 is 5.32 Å². The van der Waals surface area contributed by atoms with E-state index in [1.807, 2.05) is 27.7 Å². The lowest BCUT2D eigenvalue weighted by Crippen LogP contribution is -2.52. The highest BCUT2D eigenvalue weighted by Crippen LogP contribution is 2.28. The smallest absolute Gasteiger partial charge is 0.244 e. The molecule has 1 aromatic carbocycles. The molecule has 1 aliphatic rings. The lowest BCUT2D eigenvalue weighted by atomic mass is 10.1. The van der Waals surface area contributed by atoms with Crippen molar-refractivity contribution in [3.8, 4) is 0 Å². The van der Waals surface area contributed by atoms with Crippen LogP contribution in [0.25, 0.3) is 0 Å². The van der Waals surface area contributed by atoms with E-state index in [1.165, 1.54) is 16.1 Å². The average Bonchev–Trinajstić information content (AvgIpc) is 2.87. The molecule has 122 valence electrons. The zero-order valence-corrected chi connectivity index (χ0v) is 14.9. The molecule has 0 saturated carbocycles. The molecule has 1 aliphatic heterocycles. The molecular formula is C15H22N2O3S2. The highest BCUT2D eigenvalue weighted by molar-refractivity contribution is 8.00. The van der Waals surface area contributed by atoms with Crippen molar-refractivity contribution in [2.24, 2.45) is 0 Å². The number of thioether (sulfide) groups is 1. The Bertz CT molecular complexity index is 648. The number of benzene rings is 1. The molecule has 7 heteroatoms. The van der Waals surface area contributed by atoms with Crippen molar-refractivity contribution in [3.05, 3.63) is 29.8 Å². The highest BCUT2D eigenvalue weighted by atomic mass is 32.2. The van der Waals surface area contributed by atoms with Crippen molar-refractivity contribution in [3.63, 3.8) is 0 Å². The highest BCUT2D eigenvalue weighted by Gasteiger charge is 2.40. The van der Waals surface area contributed by atoms with E-state index in [-0.39, 0.29) is 16.3 Å². The van der Waals surface area contributed by atoms with Crippen molar-refractivity contribution >= 4 is 27.7 Å². The third-order valence-corrected chi connectivity index (χ3v) is 6.31. The summed E-state index contributed by atoms with van der Waals surface area (Å²) in [5.41, 5.74) is 0.612. The van der Waals surface area contributed by atoms with Gasteiger partial charge in [-0.1, -0.05) is 17.7 Å². The molecule has 1 saturated heterocycles. The van der Waals surface area contributed by atoms with Gasteiger partial charge in [0.15, 0.2) is 0 Å². The van der Waals surface area contributed by atoms with E-state index in [2.05, 4.69) is 5.32 Å². The van der Waals surface area contributed by atoms with E-state index in [0.717, 1.165) is 5.56 Å². The monoisotopic (exact) mass is 342 g/mol. The summed E-state index contributed by atoms with van der Waals surface area (Å²) < 4.78 is 26.8. The number of nitrogens with one attached hydrogen (secondary N) is 1. The summed E-state index contributed by atoms with van der Waals surface area (Å²) in [6.45, 7) is 7.55. The minimum Gasteiger partial charge on any atom is -0.350 e. The van der Waals surface area contributed by atoms with Gasteiger partial charge in [0.05, 0.1) is 10.8 Å². The summed E-state index contributed by atoms with van der Waals surface area (Å²) in [4.78, 5) is 12.6. The number of amides is 1. The third kappa shape index (κ3) is 3.83. The zero-order valence-electron chi connectivity index (χ0n) is 13.3. The largest absolute Gasteiger partial charge is 0.350 e. The van der Waals surface area contributed by atoms with Crippen LogP contribution in [0.15, 0.2) is 29.2 Å². The minimum absolute atomic E-state index is 0.231. The molecule has 0 radical (unpaired) electrons. The van der Waals surface area contributed by atoms with Crippen LogP contribution in [-0.2, 0) is 14.8 Å². The Morgan fingerprint density at radius 2 is 1.86 bits per heavy atom. The first-order valence-corrected chi connectivity index (χ1v) is 9.69. The Morgan fingerprint density at radius 3 is 2.41 bits per heavy atom. The van der Waals surface area contributed by atoms with Gasteiger partial charge in [-0.15, -0.1) is 11.8 Å². The first-order chi connectivity index (χ1) is 10.1. The second-order valence-corrected chi connectivity index (χ2v) is 9.35. The maximum absolute atomic E-state index is 12.8. The van der Waals surface area contributed by atoms with Crippen molar-refractivity contribution < 1.29 is 13.2 Å². The second kappa shape index (κ2) is 6.22. The Hall–Kier alpha value is -1.05. The number of carbonyl (C=O) groups excluding carboxylic acids is 1. The summed E-state index contributed by atoms with van der Waals surface area (Å²) in [5.74, 6) is 0.541. The predicted molar refractivity (Wildman–Crippen MR) is 89.2 cm³/mol. The SMILES string of the molecule is Cc1ccc(S(=O)(=O)N2CSC[C@H]2C(=O)NC(C)(C)C)cc1. The fourth-order valence-corrected chi connectivity index (χ4v) is 5.32. The lowest BCUT2D eigenvalue weighted by Gasteiger charge is -2.27. The van der Waals surface area contributed by atoms with Crippen LogP contribution in [0.2, 0.25) is 0 Å². The molecule has 0 aliphatic carbocycles. The number of hydrogen-bond acceptors (Lipinski definition) is 4. The van der Waals surface area contributed by atoms with Crippen LogP contribution in [0.1, 0.15) is 26.3 Å². The van der Waals surface area contributed by atoms with E-state index in [9.17, 15) is 13.2 Å². The molecule has 0 bridgehead atoms. The molecule has 1 N–H and O–H groups in total. The van der Waals surface area contributed by atoms with Crippen molar-refractivity contribution in [2.75, 3.05) is 11.6 Å². The Morgan fingerprint density at radius 1 is 1.27 bits per heavy atom. The van der Waals surface area contributed by atoms with Crippen molar-refractivity contribution in [2.45, 2.75) is 44.2 Å². The summed E-state index contributed by atoms with van der Waals surface area (Å²) in [7, 11) is -3.65. The van der Waals surface area contributed by atoms with Gasteiger partial charge in [-0.2, -0.15) is 4.31 Å². The van der Waals surface area contributed by atoms with Gasteiger partial charge >= 0.3 is 0 Å². The van der Waals surface area contributed by atoms with Crippen LogP contribution in [0.4, 0.5) is 0 Å². The van der Waals surface area contributed by atoms with E-state index in [1.54, 1.807) is 24.3 Å². The zero-order chi connectivity index (χ0) is 16.5. The molecule has 0 spiro atoms. The summed E-state index contributed by atoms with van der Waals surface area (Å²) in [6.07, 6.45) is 0. The molecule has 1 fully saturated rings. The van der Waals surface area contributed by atoms with Crippen molar-refractivity contribution in [1.82, 2.24) is 9.62 Å². The van der Waals surface area contributed by atoms with Gasteiger partial charge in [0.25, 0.3) is 0 Å². The normalized spacial score (nSPS) is 20.1. The minimum atomic E-state index is -3.65. The standard InChI is InChI=1S/C15H22N2O3S2/c1-11-5-7-12(8-6-11)22(19,20)17-10-21-9-13(17)14(18)16-15(2,3)4/h5-8,13H,9-10H2,1-4H3,(H,16,18)/t13-/m0/s1. The fraction of sp³-hybridized carbons (Fsp3) is 0.533. The molecule has 2 rings (SSSR count). The third-order valence-electron chi connectivity index (χ3n) is 3.27. The van der Waals surface area contributed by atoms with Gasteiger partial charge in [0, 0.05) is 11.3 Å². The summed E-state index contributed by atoms with van der Waals surface area (Å²) in [6, 6.07) is 6.05. The Kier molecular flexibility index (Phi) is 4.89. The van der Waals surface area contributed by atoms with Gasteiger partial charge < -0.3 is 5.32 Å². The molecule has 1 aromatic rings. The number of rotatable bonds is 3. The number of sulfonamides is 1. The van der Waals surface area contributed by atoms with Crippen LogP contribution in [0.5, 0.6) is 0 Å². The van der Waals surface area contributed by atoms with Gasteiger partial charge in [-0.25, -0.2) is 8.42 Å². The van der Waals surface area contributed by atoms with Crippen molar-refractivity contribution in [1.29, 1.82) is 0 Å². The van der Waals surface area contributed by atoms with Gasteiger partial charge in [0.1, 0.15) is 6.04 Å². The van der Waals surface area contributed by atoms with Crippen LogP contribution in [-0.4, -0.2) is 41.8 Å². The number of aryl methyl sites for hydroxylation is 1. The molecule has 1 heterocycles. The number of nitrogens with zero attached hydrogens (tertiary/aromatic N) is 1. The number of hydrogen-bond donors (Lipinski definition) is 1. The predicted octanol–water partition coefficient (Wildman–Crippen LogP) is 1.97. The Labute approximate surface area is 136 Å². The van der Waals surface area contributed by atoms with Gasteiger partial charge in [0.2, 0.25) is 15.9 Å².